The Bertz CT molecular complexity index is 233. The molecule has 13 heavy (non-hydrogen) atoms. The zero-order valence-corrected chi connectivity index (χ0v) is 13.4. The predicted molar refractivity (Wildman–Crippen MR) is 63.4 cm³/mol. The van der Waals surface area contributed by atoms with Crippen LogP contribution in [-0.4, -0.2) is 18.5 Å². The maximum absolute atomic E-state index is 2.40. The van der Waals surface area contributed by atoms with Crippen LogP contribution < -0.4 is 4.90 Å². The topological polar surface area (TPSA) is 3.24 Å². The molecule has 0 saturated carbocycles. The minimum atomic E-state index is 0. The first-order valence-corrected chi connectivity index (χ1v) is 5.59. The average molecular weight is 341 g/mol. The van der Waals surface area contributed by atoms with E-state index in [0.717, 1.165) is 0 Å². The minimum Gasteiger partial charge on any atom is -0.378 e. The maximum atomic E-state index is 2.40. The van der Waals surface area contributed by atoms with Crippen LogP contribution in [0.25, 0.3) is 0 Å². The Morgan fingerprint density at radius 1 is 1.15 bits per heavy atom. The first-order valence-electron chi connectivity index (χ1n) is 4.06. The van der Waals surface area contributed by atoms with E-state index in [2.05, 4.69) is 65.9 Å². The number of rotatable bonds is 3. The van der Waals surface area contributed by atoms with Gasteiger partial charge in [0, 0.05) is 24.2 Å². The zero-order chi connectivity index (χ0) is 8.97. The van der Waals surface area contributed by atoms with E-state index in [1.165, 1.54) is 22.1 Å². The second-order valence-electron chi connectivity index (χ2n) is 3.00. The summed E-state index contributed by atoms with van der Waals surface area (Å²) in [7, 11) is 4.13. The second-order valence-corrected chi connectivity index (χ2v) is 4.08. The van der Waals surface area contributed by atoms with Gasteiger partial charge in [-0.25, -0.2) is 0 Å². The van der Waals surface area contributed by atoms with E-state index >= 15 is 0 Å². The summed E-state index contributed by atoms with van der Waals surface area (Å²) in [6.07, 6.45) is 1.17. The number of anilines is 1. The van der Waals surface area contributed by atoms with Crippen LogP contribution in [0.4, 0.5) is 5.69 Å². The first-order chi connectivity index (χ1) is 5.74. The number of benzene rings is 1. The third kappa shape index (κ3) is 4.41. The van der Waals surface area contributed by atoms with E-state index in [0.29, 0.717) is 0 Å². The van der Waals surface area contributed by atoms with E-state index in [-0.39, 0.29) is 19.5 Å². The van der Waals surface area contributed by atoms with Gasteiger partial charge in [-0.1, -0.05) is 34.7 Å². The number of halogens is 1. The number of hydrogen-bond acceptors (Lipinski definition) is 1. The molecular formula is C10H14INZn+2. The van der Waals surface area contributed by atoms with Gasteiger partial charge in [-0.15, -0.1) is 0 Å². The van der Waals surface area contributed by atoms with Crippen molar-refractivity contribution in [2.24, 2.45) is 0 Å². The Kier molecular flexibility index (Phi) is 6.97. The smallest absolute Gasteiger partial charge is 0.378 e. The van der Waals surface area contributed by atoms with Crippen LogP contribution in [0.3, 0.4) is 0 Å². The van der Waals surface area contributed by atoms with Gasteiger partial charge in [0.1, 0.15) is 0 Å². The van der Waals surface area contributed by atoms with Crippen molar-refractivity contribution in [1.29, 1.82) is 0 Å². The number of nitrogens with zero attached hydrogens (tertiary/aromatic N) is 1. The fraction of sp³-hybridized carbons (Fsp3) is 0.400. The Morgan fingerprint density at radius 2 is 1.69 bits per heavy atom. The molecular weight excluding hydrogens is 326 g/mol. The van der Waals surface area contributed by atoms with E-state index in [4.69, 9.17) is 0 Å². The van der Waals surface area contributed by atoms with Crippen molar-refractivity contribution >= 4 is 28.3 Å². The molecule has 0 radical (unpaired) electrons. The van der Waals surface area contributed by atoms with Crippen LogP contribution in [0.1, 0.15) is 5.56 Å². The summed E-state index contributed by atoms with van der Waals surface area (Å²) in [6, 6.07) is 8.74. The zero-order valence-electron chi connectivity index (χ0n) is 8.26. The van der Waals surface area contributed by atoms with Gasteiger partial charge < -0.3 is 4.90 Å². The van der Waals surface area contributed by atoms with Gasteiger partial charge >= 0.3 is 19.5 Å². The van der Waals surface area contributed by atoms with Gasteiger partial charge in [0.25, 0.3) is 0 Å². The fourth-order valence-corrected chi connectivity index (χ4v) is 1.69. The summed E-state index contributed by atoms with van der Waals surface area (Å²) in [5.74, 6) is 0. The molecule has 0 aliphatic heterocycles. The Labute approximate surface area is 107 Å². The molecule has 1 aromatic carbocycles. The first kappa shape index (κ1) is 13.4. The van der Waals surface area contributed by atoms with Gasteiger partial charge in [-0.05, 0) is 24.1 Å². The summed E-state index contributed by atoms with van der Waals surface area (Å²) >= 11 is 2.40. The maximum Gasteiger partial charge on any atom is 2.00 e. The molecule has 0 unspecified atom stereocenters. The molecule has 0 spiro atoms. The standard InChI is InChI=1S/C10H14IN.Zn/c1-12(2)10-5-3-9(4-6-10)7-8-11;/h3-6H,7-8H2,1-2H3;/q;+2. The molecule has 3 heteroatoms. The van der Waals surface area contributed by atoms with Crippen molar-refractivity contribution in [3.05, 3.63) is 29.8 Å². The van der Waals surface area contributed by atoms with E-state index < -0.39 is 0 Å². The minimum absolute atomic E-state index is 0. The van der Waals surface area contributed by atoms with Gasteiger partial charge in [-0.2, -0.15) is 0 Å². The molecule has 0 N–H and O–H groups in total. The molecule has 0 aromatic heterocycles. The predicted octanol–water partition coefficient (Wildman–Crippen LogP) is 2.73. The SMILES string of the molecule is CN(C)c1ccc(CCI)cc1.[Zn+2]. The van der Waals surface area contributed by atoms with Crippen LogP contribution in [0.5, 0.6) is 0 Å². The molecule has 66 valence electrons. The van der Waals surface area contributed by atoms with E-state index in [1.54, 1.807) is 0 Å². The molecule has 0 amide bonds. The van der Waals surface area contributed by atoms with Crippen LogP contribution in [0.15, 0.2) is 24.3 Å². The molecule has 0 atom stereocenters. The van der Waals surface area contributed by atoms with E-state index in [9.17, 15) is 0 Å². The van der Waals surface area contributed by atoms with Crippen LogP contribution in [0.2, 0.25) is 0 Å². The van der Waals surface area contributed by atoms with Crippen LogP contribution in [-0.2, 0) is 25.9 Å². The molecule has 0 saturated heterocycles. The third-order valence-corrected chi connectivity index (χ3v) is 2.38. The summed E-state index contributed by atoms with van der Waals surface area (Å²) in [5.41, 5.74) is 2.70. The van der Waals surface area contributed by atoms with Crippen molar-refractivity contribution in [1.82, 2.24) is 0 Å². The van der Waals surface area contributed by atoms with Gasteiger partial charge in [-0.3, -0.25) is 0 Å². The second kappa shape index (κ2) is 6.77. The quantitative estimate of drug-likeness (QED) is 0.465. The van der Waals surface area contributed by atoms with Gasteiger partial charge in [0.2, 0.25) is 0 Å². The monoisotopic (exact) mass is 339 g/mol. The number of alkyl halides is 1. The number of aryl methyl sites for hydroxylation is 1. The van der Waals surface area contributed by atoms with Crippen molar-refractivity contribution < 1.29 is 19.5 Å². The summed E-state index contributed by atoms with van der Waals surface area (Å²) < 4.78 is 1.19. The third-order valence-electron chi connectivity index (χ3n) is 1.84. The number of hydrogen-bond donors (Lipinski definition) is 0. The van der Waals surface area contributed by atoms with Crippen molar-refractivity contribution in [2.45, 2.75) is 6.42 Å². The van der Waals surface area contributed by atoms with Crippen LogP contribution in [0, 0.1) is 0 Å². The molecule has 0 aliphatic carbocycles. The average Bonchev–Trinajstić information content (AvgIpc) is 2.06. The van der Waals surface area contributed by atoms with Crippen LogP contribution >= 0.6 is 22.6 Å². The molecule has 0 fully saturated rings. The molecule has 0 bridgehead atoms. The summed E-state index contributed by atoms with van der Waals surface area (Å²) in [6.45, 7) is 0. The summed E-state index contributed by atoms with van der Waals surface area (Å²) in [4.78, 5) is 2.12. The fourth-order valence-electron chi connectivity index (χ4n) is 1.07. The molecule has 0 aliphatic rings. The molecule has 1 aromatic rings. The molecule has 1 nitrogen and oxygen atoms in total. The Morgan fingerprint density at radius 3 is 2.08 bits per heavy atom. The largest absolute Gasteiger partial charge is 2.00 e. The van der Waals surface area contributed by atoms with E-state index in [1.807, 2.05) is 0 Å². The normalized spacial score (nSPS) is 9.15. The van der Waals surface area contributed by atoms with Gasteiger partial charge in [0.15, 0.2) is 0 Å². The Balaban J connectivity index is 0.00000144. The molecule has 1 rings (SSSR count). The van der Waals surface area contributed by atoms with Crippen molar-refractivity contribution in [2.75, 3.05) is 23.4 Å². The Hall–Kier alpha value is 0.373. The molecule has 0 heterocycles. The van der Waals surface area contributed by atoms with Crippen molar-refractivity contribution in [3.8, 4) is 0 Å². The van der Waals surface area contributed by atoms with Crippen molar-refractivity contribution in [3.63, 3.8) is 0 Å². The summed E-state index contributed by atoms with van der Waals surface area (Å²) in [5, 5.41) is 0. The van der Waals surface area contributed by atoms with Gasteiger partial charge in [0.05, 0.1) is 0 Å².